The smallest absolute Gasteiger partial charge is 0.151 e. The van der Waals surface area contributed by atoms with Crippen LogP contribution in [0.3, 0.4) is 0 Å². The van der Waals surface area contributed by atoms with Gasteiger partial charge in [-0.05, 0) is 25.6 Å². The molecule has 0 saturated carbocycles. The number of hydrogen-bond acceptors (Lipinski definition) is 4. The fourth-order valence-corrected chi connectivity index (χ4v) is 1.41. The van der Waals surface area contributed by atoms with E-state index < -0.39 is 0 Å². The van der Waals surface area contributed by atoms with Gasteiger partial charge in [0.1, 0.15) is 0 Å². The molecule has 0 aliphatic heterocycles. The predicted molar refractivity (Wildman–Crippen MR) is 67.5 cm³/mol. The summed E-state index contributed by atoms with van der Waals surface area (Å²) >= 11 is 0. The van der Waals surface area contributed by atoms with E-state index in [0.29, 0.717) is 0 Å². The Morgan fingerprint density at radius 1 is 1.38 bits per heavy atom. The fraction of sp³-hybridized carbons (Fsp3) is 0.500. The lowest BCUT2D eigenvalue weighted by Gasteiger charge is -2.19. The average Bonchev–Trinajstić information content (AvgIpc) is 2.34. The van der Waals surface area contributed by atoms with Crippen LogP contribution in [-0.4, -0.2) is 29.8 Å². The van der Waals surface area contributed by atoms with Gasteiger partial charge in [0.2, 0.25) is 0 Å². The molecule has 1 rings (SSSR count). The topological polar surface area (TPSA) is 41.0 Å². The lowest BCUT2D eigenvalue weighted by Crippen LogP contribution is -2.24. The minimum Gasteiger partial charge on any atom is -0.352 e. The third-order valence-electron chi connectivity index (χ3n) is 2.32. The fourth-order valence-electron chi connectivity index (χ4n) is 1.41. The van der Waals surface area contributed by atoms with Gasteiger partial charge >= 0.3 is 0 Å². The second-order valence-electron chi connectivity index (χ2n) is 3.49. The Morgan fingerprint density at radius 3 is 2.69 bits per heavy atom. The first-order chi connectivity index (χ1) is 7.81. The van der Waals surface area contributed by atoms with E-state index >= 15 is 0 Å². The Hall–Kier alpha value is -1.42. The molecule has 88 valence electrons. The van der Waals surface area contributed by atoms with Crippen molar-refractivity contribution in [2.75, 3.05) is 24.5 Å². The summed E-state index contributed by atoms with van der Waals surface area (Å²) in [5.41, 5.74) is 0.972. The SMILES string of the molecule is C=CCN(CC)c1ccc(CNCC)nn1. The summed E-state index contributed by atoms with van der Waals surface area (Å²) in [5.74, 6) is 0.905. The van der Waals surface area contributed by atoms with Crippen molar-refractivity contribution in [2.45, 2.75) is 20.4 Å². The molecule has 0 radical (unpaired) electrons. The molecule has 1 aromatic rings. The molecule has 4 nitrogen and oxygen atoms in total. The van der Waals surface area contributed by atoms with Gasteiger partial charge in [0.25, 0.3) is 0 Å². The zero-order valence-electron chi connectivity index (χ0n) is 10.1. The molecule has 0 fully saturated rings. The highest BCUT2D eigenvalue weighted by Crippen LogP contribution is 2.08. The first kappa shape index (κ1) is 12.6. The van der Waals surface area contributed by atoms with E-state index in [1.165, 1.54) is 0 Å². The molecule has 1 aromatic heterocycles. The molecule has 0 aliphatic rings. The van der Waals surface area contributed by atoms with E-state index in [1.807, 2.05) is 18.2 Å². The maximum Gasteiger partial charge on any atom is 0.151 e. The molecule has 4 heteroatoms. The minimum absolute atomic E-state index is 0.775. The van der Waals surface area contributed by atoms with Crippen LogP contribution in [-0.2, 0) is 6.54 Å². The number of likely N-dealkylation sites (N-methyl/N-ethyl adjacent to an activating group) is 1. The lowest BCUT2D eigenvalue weighted by molar-refractivity contribution is 0.696. The molecule has 0 aromatic carbocycles. The van der Waals surface area contributed by atoms with E-state index in [-0.39, 0.29) is 0 Å². The van der Waals surface area contributed by atoms with Crippen LogP contribution >= 0.6 is 0 Å². The molecule has 0 amide bonds. The molecule has 1 N–H and O–H groups in total. The van der Waals surface area contributed by atoms with Gasteiger partial charge in [-0.3, -0.25) is 0 Å². The van der Waals surface area contributed by atoms with E-state index in [1.54, 1.807) is 0 Å². The highest BCUT2D eigenvalue weighted by Gasteiger charge is 2.04. The molecule has 0 saturated heterocycles. The van der Waals surface area contributed by atoms with E-state index in [9.17, 15) is 0 Å². The van der Waals surface area contributed by atoms with Gasteiger partial charge in [-0.1, -0.05) is 13.0 Å². The number of anilines is 1. The number of nitrogens with one attached hydrogen (secondary N) is 1. The van der Waals surface area contributed by atoms with Crippen molar-refractivity contribution in [3.63, 3.8) is 0 Å². The summed E-state index contributed by atoms with van der Waals surface area (Å²) in [6, 6.07) is 4.02. The zero-order valence-corrected chi connectivity index (χ0v) is 10.1. The van der Waals surface area contributed by atoms with Crippen molar-refractivity contribution in [2.24, 2.45) is 0 Å². The molecule has 0 unspecified atom stereocenters. The van der Waals surface area contributed by atoms with Gasteiger partial charge in [0, 0.05) is 19.6 Å². The van der Waals surface area contributed by atoms with E-state index in [4.69, 9.17) is 0 Å². The molecule has 0 aliphatic carbocycles. The summed E-state index contributed by atoms with van der Waals surface area (Å²) in [7, 11) is 0. The average molecular weight is 220 g/mol. The summed E-state index contributed by atoms with van der Waals surface area (Å²) in [4.78, 5) is 2.12. The van der Waals surface area contributed by atoms with Crippen molar-refractivity contribution in [3.8, 4) is 0 Å². The van der Waals surface area contributed by atoms with Gasteiger partial charge in [-0.15, -0.1) is 11.7 Å². The van der Waals surface area contributed by atoms with Crippen molar-refractivity contribution in [1.29, 1.82) is 0 Å². The second kappa shape index (κ2) is 6.95. The highest BCUT2D eigenvalue weighted by molar-refractivity contribution is 5.37. The third-order valence-corrected chi connectivity index (χ3v) is 2.32. The van der Waals surface area contributed by atoms with Crippen LogP contribution in [0.25, 0.3) is 0 Å². The summed E-state index contributed by atoms with van der Waals surface area (Å²) < 4.78 is 0. The van der Waals surface area contributed by atoms with Gasteiger partial charge < -0.3 is 10.2 Å². The Labute approximate surface area is 97.4 Å². The standard InChI is InChI=1S/C12H20N4/c1-4-9-16(6-3)12-8-7-11(14-15-12)10-13-5-2/h4,7-8,13H,1,5-6,9-10H2,2-3H3. The molecule has 16 heavy (non-hydrogen) atoms. The second-order valence-corrected chi connectivity index (χ2v) is 3.49. The molecule has 1 heterocycles. The minimum atomic E-state index is 0.775. The number of aromatic nitrogens is 2. The van der Waals surface area contributed by atoms with Crippen LogP contribution in [0.15, 0.2) is 24.8 Å². The Kier molecular flexibility index (Phi) is 5.50. The monoisotopic (exact) mass is 220 g/mol. The maximum absolute atomic E-state index is 4.21. The summed E-state index contributed by atoms with van der Waals surface area (Å²) in [6.45, 7) is 11.3. The molecule has 0 bridgehead atoms. The first-order valence-corrected chi connectivity index (χ1v) is 5.71. The van der Waals surface area contributed by atoms with Crippen molar-refractivity contribution in [3.05, 3.63) is 30.5 Å². The Bertz CT molecular complexity index is 307. The predicted octanol–water partition coefficient (Wildman–Crippen LogP) is 1.60. The maximum atomic E-state index is 4.21. The van der Waals surface area contributed by atoms with Gasteiger partial charge in [0.05, 0.1) is 5.69 Å². The lowest BCUT2D eigenvalue weighted by atomic mass is 10.3. The number of rotatable bonds is 7. The van der Waals surface area contributed by atoms with E-state index in [0.717, 1.165) is 37.7 Å². The zero-order chi connectivity index (χ0) is 11.8. The van der Waals surface area contributed by atoms with Gasteiger partial charge in [-0.25, -0.2) is 0 Å². The summed E-state index contributed by atoms with van der Waals surface area (Å²) in [6.07, 6.45) is 1.87. The Balaban J connectivity index is 2.65. The van der Waals surface area contributed by atoms with Gasteiger partial charge in [0.15, 0.2) is 5.82 Å². The molecular formula is C12H20N4. The number of nitrogens with zero attached hydrogens (tertiary/aromatic N) is 3. The largest absolute Gasteiger partial charge is 0.352 e. The van der Waals surface area contributed by atoms with Crippen molar-refractivity contribution < 1.29 is 0 Å². The third kappa shape index (κ3) is 3.62. The van der Waals surface area contributed by atoms with Gasteiger partial charge in [-0.2, -0.15) is 5.10 Å². The van der Waals surface area contributed by atoms with Crippen LogP contribution in [0.1, 0.15) is 19.5 Å². The van der Waals surface area contributed by atoms with Crippen molar-refractivity contribution >= 4 is 5.82 Å². The van der Waals surface area contributed by atoms with Crippen LogP contribution in [0.2, 0.25) is 0 Å². The summed E-state index contributed by atoms with van der Waals surface area (Å²) in [5, 5.41) is 11.6. The quantitative estimate of drug-likeness (QED) is 0.709. The van der Waals surface area contributed by atoms with Crippen LogP contribution in [0.5, 0.6) is 0 Å². The first-order valence-electron chi connectivity index (χ1n) is 5.71. The van der Waals surface area contributed by atoms with Crippen LogP contribution in [0, 0.1) is 0 Å². The molecule has 0 atom stereocenters. The van der Waals surface area contributed by atoms with E-state index in [2.05, 4.69) is 40.8 Å². The normalized spacial score (nSPS) is 10.1. The van der Waals surface area contributed by atoms with Crippen LogP contribution in [0.4, 0.5) is 5.82 Å². The Morgan fingerprint density at radius 2 is 2.19 bits per heavy atom. The number of hydrogen-bond donors (Lipinski definition) is 1. The van der Waals surface area contributed by atoms with Crippen LogP contribution < -0.4 is 10.2 Å². The highest BCUT2D eigenvalue weighted by atomic mass is 15.3. The van der Waals surface area contributed by atoms with Crippen molar-refractivity contribution in [1.82, 2.24) is 15.5 Å². The molecular weight excluding hydrogens is 200 g/mol. The molecule has 0 spiro atoms.